The van der Waals surface area contributed by atoms with E-state index in [2.05, 4.69) is 11.9 Å². The molecule has 3 aromatic rings. The summed E-state index contributed by atoms with van der Waals surface area (Å²) in [5.41, 5.74) is 3.41. The SMILES string of the molecule is CCCCc1ccc2nc(-c3ccc(OC)c(OC)c3)cc(C(=O)O)c2c1. The molecule has 1 N–H and O–H groups in total. The van der Waals surface area contributed by atoms with E-state index in [0.29, 0.717) is 28.1 Å². The Bertz CT molecular complexity index is 981. The van der Waals surface area contributed by atoms with Crippen molar-refractivity contribution in [2.45, 2.75) is 26.2 Å². The summed E-state index contributed by atoms with van der Waals surface area (Å²) >= 11 is 0. The van der Waals surface area contributed by atoms with Crippen LogP contribution in [0.3, 0.4) is 0 Å². The fourth-order valence-electron chi connectivity index (χ4n) is 3.13. The van der Waals surface area contributed by atoms with E-state index in [1.807, 2.05) is 24.3 Å². The molecule has 0 atom stereocenters. The number of aryl methyl sites for hydroxylation is 1. The van der Waals surface area contributed by atoms with E-state index < -0.39 is 5.97 Å². The van der Waals surface area contributed by atoms with Crippen molar-refractivity contribution in [3.05, 3.63) is 53.6 Å². The molecule has 0 aliphatic carbocycles. The van der Waals surface area contributed by atoms with E-state index in [9.17, 15) is 9.90 Å². The van der Waals surface area contributed by atoms with Crippen LogP contribution in [0.1, 0.15) is 35.7 Å². The average Bonchev–Trinajstić information content (AvgIpc) is 2.70. The lowest BCUT2D eigenvalue weighted by atomic mass is 10.00. The summed E-state index contributed by atoms with van der Waals surface area (Å²) in [4.78, 5) is 16.6. The van der Waals surface area contributed by atoms with Crippen LogP contribution in [-0.4, -0.2) is 30.3 Å². The molecule has 0 saturated carbocycles. The van der Waals surface area contributed by atoms with Gasteiger partial charge in [-0.05, 0) is 54.8 Å². The number of pyridine rings is 1. The fourth-order valence-corrected chi connectivity index (χ4v) is 3.13. The maximum atomic E-state index is 11.9. The van der Waals surface area contributed by atoms with Gasteiger partial charge in [-0.15, -0.1) is 0 Å². The molecule has 0 amide bonds. The standard InChI is InChI=1S/C22H23NO4/c1-4-5-6-14-7-9-18-16(11-14)17(22(24)25)13-19(23-18)15-8-10-20(26-2)21(12-15)27-3/h7-13H,4-6H2,1-3H3,(H,24,25). The number of unbranched alkanes of at least 4 members (excludes halogenated alkanes) is 1. The Morgan fingerprint density at radius 3 is 2.48 bits per heavy atom. The van der Waals surface area contributed by atoms with Crippen molar-refractivity contribution >= 4 is 16.9 Å². The van der Waals surface area contributed by atoms with E-state index in [4.69, 9.17) is 9.47 Å². The number of nitrogens with zero attached hydrogens (tertiary/aromatic N) is 1. The van der Waals surface area contributed by atoms with Crippen molar-refractivity contribution in [1.29, 1.82) is 0 Å². The Labute approximate surface area is 158 Å². The summed E-state index contributed by atoms with van der Waals surface area (Å²) in [7, 11) is 3.14. The normalized spacial score (nSPS) is 10.8. The van der Waals surface area contributed by atoms with Crippen LogP contribution >= 0.6 is 0 Å². The number of rotatable bonds is 7. The van der Waals surface area contributed by atoms with Crippen molar-refractivity contribution < 1.29 is 19.4 Å². The first-order valence-corrected chi connectivity index (χ1v) is 8.96. The van der Waals surface area contributed by atoms with E-state index in [-0.39, 0.29) is 5.56 Å². The summed E-state index contributed by atoms with van der Waals surface area (Å²) < 4.78 is 10.6. The first-order chi connectivity index (χ1) is 13.1. The van der Waals surface area contributed by atoms with Crippen molar-refractivity contribution in [2.24, 2.45) is 0 Å². The zero-order valence-corrected chi connectivity index (χ0v) is 15.8. The number of aromatic carboxylic acids is 1. The molecule has 27 heavy (non-hydrogen) atoms. The third-order valence-electron chi connectivity index (χ3n) is 4.60. The van der Waals surface area contributed by atoms with Gasteiger partial charge in [0.05, 0.1) is 31.0 Å². The second kappa shape index (κ2) is 8.08. The van der Waals surface area contributed by atoms with Crippen molar-refractivity contribution in [2.75, 3.05) is 14.2 Å². The quantitative estimate of drug-likeness (QED) is 0.641. The van der Waals surface area contributed by atoms with Gasteiger partial charge in [0, 0.05) is 10.9 Å². The average molecular weight is 365 g/mol. The van der Waals surface area contributed by atoms with Crippen LogP contribution in [0, 0.1) is 0 Å². The topological polar surface area (TPSA) is 68.7 Å². The molecular weight excluding hydrogens is 342 g/mol. The zero-order chi connectivity index (χ0) is 19.4. The smallest absolute Gasteiger partial charge is 0.336 e. The number of hydrogen-bond donors (Lipinski definition) is 1. The second-order valence-corrected chi connectivity index (χ2v) is 6.39. The molecule has 0 aliphatic rings. The summed E-state index contributed by atoms with van der Waals surface area (Å²) in [5.74, 6) is 0.224. The van der Waals surface area contributed by atoms with Crippen LogP contribution < -0.4 is 9.47 Å². The molecule has 0 aliphatic heterocycles. The summed E-state index contributed by atoms with van der Waals surface area (Å²) in [6, 6.07) is 12.9. The van der Waals surface area contributed by atoms with Crippen LogP contribution in [-0.2, 0) is 6.42 Å². The monoisotopic (exact) mass is 365 g/mol. The van der Waals surface area contributed by atoms with Gasteiger partial charge in [0.25, 0.3) is 0 Å². The third-order valence-corrected chi connectivity index (χ3v) is 4.60. The van der Waals surface area contributed by atoms with Gasteiger partial charge in [0.2, 0.25) is 0 Å². The molecule has 2 aromatic carbocycles. The minimum Gasteiger partial charge on any atom is -0.493 e. The highest BCUT2D eigenvalue weighted by Crippen LogP contribution is 2.33. The number of carbonyl (C=O) groups is 1. The highest BCUT2D eigenvalue weighted by molar-refractivity contribution is 6.04. The molecule has 5 heteroatoms. The number of aromatic nitrogens is 1. The van der Waals surface area contributed by atoms with Crippen LogP contribution in [0.5, 0.6) is 11.5 Å². The molecule has 140 valence electrons. The predicted molar refractivity (Wildman–Crippen MR) is 106 cm³/mol. The van der Waals surface area contributed by atoms with Crippen LogP contribution in [0.2, 0.25) is 0 Å². The Balaban J connectivity index is 2.14. The highest BCUT2D eigenvalue weighted by atomic mass is 16.5. The molecule has 1 aromatic heterocycles. The van der Waals surface area contributed by atoms with Gasteiger partial charge >= 0.3 is 5.97 Å². The Kier molecular flexibility index (Phi) is 5.60. The van der Waals surface area contributed by atoms with Crippen LogP contribution in [0.15, 0.2) is 42.5 Å². The molecule has 0 unspecified atom stereocenters. The molecule has 1 heterocycles. The Morgan fingerprint density at radius 1 is 1.04 bits per heavy atom. The van der Waals surface area contributed by atoms with E-state index in [1.54, 1.807) is 32.4 Å². The third kappa shape index (κ3) is 3.87. The minimum atomic E-state index is -0.961. The number of methoxy groups -OCH3 is 2. The maximum Gasteiger partial charge on any atom is 0.336 e. The number of fused-ring (bicyclic) bond motifs is 1. The lowest BCUT2D eigenvalue weighted by molar-refractivity contribution is 0.0699. The number of ether oxygens (including phenoxy) is 2. The van der Waals surface area contributed by atoms with Crippen LogP contribution in [0.25, 0.3) is 22.2 Å². The first kappa shape index (κ1) is 18.7. The second-order valence-electron chi connectivity index (χ2n) is 6.39. The highest BCUT2D eigenvalue weighted by Gasteiger charge is 2.15. The Hall–Kier alpha value is -3.08. The zero-order valence-electron chi connectivity index (χ0n) is 15.8. The minimum absolute atomic E-state index is 0.253. The summed E-state index contributed by atoms with van der Waals surface area (Å²) in [5, 5.41) is 10.4. The summed E-state index contributed by atoms with van der Waals surface area (Å²) in [6.45, 7) is 2.14. The van der Waals surface area contributed by atoms with Crippen molar-refractivity contribution in [1.82, 2.24) is 4.98 Å². The summed E-state index contributed by atoms with van der Waals surface area (Å²) in [6.07, 6.45) is 3.11. The fraction of sp³-hybridized carbons (Fsp3) is 0.273. The van der Waals surface area contributed by atoms with Gasteiger partial charge in [-0.3, -0.25) is 0 Å². The lowest BCUT2D eigenvalue weighted by Crippen LogP contribution is -2.01. The van der Waals surface area contributed by atoms with Gasteiger partial charge in [-0.1, -0.05) is 19.4 Å². The van der Waals surface area contributed by atoms with Gasteiger partial charge in [-0.25, -0.2) is 9.78 Å². The van der Waals surface area contributed by atoms with E-state index in [1.165, 1.54) is 0 Å². The molecule has 0 spiro atoms. The molecule has 0 bridgehead atoms. The van der Waals surface area contributed by atoms with E-state index >= 15 is 0 Å². The van der Waals surface area contributed by atoms with Crippen molar-refractivity contribution in [3.8, 4) is 22.8 Å². The first-order valence-electron chi connectivity index (χ1n) is 8.96. The molecule has 5 nitrogen and oxygen atoms in total. The van der Waals surface area contributed by atoms with Gasteiger partial charge in [0.1, 0.15) is 0 Å². The van der Waals surface area contributed by atoms with Gasteiger partial charge in [-0.2, -0.15) is 0 Å². The molecular formula is C22H23NO4. The van der Waals surface area contributed by atoms with E-state index in [0.717, 1.165) is 30.4 Å². The lowest BCUT2D eigenvalue weighted by Gasteiger charge is -2.12. The molecule has 0 saturated heterocycles. The van der Waals surface area contributed by atoms with Crippen LogP contribution in [0.4, 0.5) is 0 Å². The number of carboxylic acid groups (broad SMARTS) is 1. The number of hydrogen-bond acceptors (Lipinski definition) is 4. The number of carboxylic acids is 1. The largest absolute Gasteiger partial charge is 0.493 e. The van der Waals surface area contributed by atoms with Gasteiger partial charge in [0.15, 0.2) is 11.5 Å². The van der Waals surface area contributed by atoms with Gasteiger partial charge < -0.3 is 14.6 Å². The molecule has 0 radical (unpaired) electrons. The van der Waals surface area contributed by atoms with Crippen molar-refractivity contribution in [3.63, 3.8) is 0 Å². The molecule has 3 rings (SSSR count). The molecule has 0 fully saturated rings. The predicted octanol–water partition coefficient (Wildman–Crippen LogP) is 4.96. The number of benzene rings is 2. The Morgan fingerprint density at radius 2 is 1.81 bits per heavy atom. The maximum absolute atomic E-state index is 11.9.